The number of hydrogen-bond donors (Lipinski definition) is 1. The maximum atomic E-state index is 5.86. The Morgan fingerprint density at radius 2 is 2.05 bits per heavy atom. The van der Waals surface area contributed by atoms with Crippen LogP contribution in [0, 0.1) is 0 Å². The number of anilines is 1. The van der Waals surface area contributed by atoms with Crippen molar-refractivity contribution in [2.24, 2.45) is 0 Å². The van der Waals surface area contributed by atoms with Crippen LogP contribution in [0.2, 0.25) is 0 Å². The second-order valence-electron chi connectivity index (χ2n) is 5.20. The minimum absolute atomic E-state index is 0.478. The van der Waals surface area contributed by atoms with Crippen molar-refractivity contribution in [2.45, 2.75) is 31.8 Å². The molecule has 4 heteroatoms. The Labute approximate surface area is 127 Å². The fourth-order valence-electron chi connectivity index (χ4n) is 2.76. The molecule has 0 bridgehead atoms. The van der Waals surface area contributed by atoms with Gasteiger partial charge in [-0.05, 0) is 25.0 Å². The predicted molar refractivity (Wildman–Crippen MR) is 86.1 cm³/mol. The number of nitrogens with zero attached hydrogens (tertiary/aromatic N) is 1. The number of nitrogens with one attached hydrogen (secondary N) is 1. The lowest BCUT2D eigenvalue weighted by Gasteiger charge is -2.13. The van der Waals surface area contributed by atoms with Crippen LogP contribution < -0.4 is 5.32 Å². The Morgan fingerprint density at radius 3 is 2.90 bits per heavy atom. The molecule has 1 aromatic carbocycles. The molecule has 1 aliphatic rings. The van der Waals surface area contributed by atoms with Gasteiger partial charge in [-0.3, -0.25) is 0 Å². The first-order valence-electron chi connectivity index (χ1n) is 7.23. The molecule has 1 aromatic heterocycles. The van der Waals surface area contributed by atoms with Crippen LogP contribution in [-0.4, -0.2) is 24.2 Å². The van der Waals surface area contributed by atoms with Gasteiger partial charge < -0.3 is 10.1 Å². The Hall–Kier alpha value is -1.13. The number of benzene rings is 1. The molecule has 0 radical (unpaired) electrons. The minimum Gasteiger partial charge on any atom is -0.376 e. The average molecular weight is 335 g/mol. The van der Waals surface area contributed by atoms with E-state index in [0.717, 1.165) is 28.8 Å². The molecule has 3 nitrogen and oxygen atoms in total. The first-order valence-corrected chi connectivity index (χ1v) is 8.02. The third kappa shape index (κ3) is 3.13. The zero-order chi connectivity index (χ0) is 13.8. The fourth-order valence-corrected chi connectivity index (χ4v) is 3.26. The third-order valence-electron chi connectivity index (χ3n) is 3.80. The predicted octanol–water partition coefficient (Wildman–Crippen LogP) is 4.37. The van der Waals surface area contributed by atoms with E-state index >= 15 is 0 Å². The van der Waals surface area contributed by atoms with Gasteiger partial charge >= 0.3 is 0 Å². The van der Waals surface area contributed by atoms with Crippen molar-refractivity contribution in [1.29, 1.82) is 0 Å². The molecule has 0 saturated heterocycles. The summed E-state index contributed by atoms with van der Waals surface area (Å²) < 4.78 is 6.96. The van der Waals surface area contributed by atoms with E-state index in [9.17, 15) is 0 Å². The highest BCUT2D eigenvalue weighted by atomic mass is 79.9. The number of aromatic nitrogens is 1. The molecular weight excluding hydrogens is 316 g/mol. The summed E-state index contributed by atoms with van der Waals surface area (Å²) in [4.78, 5) is 4.43. The van der Waals surface area contributed by atoms with Crippen molar-refractivity contribution in [3.63, 3.8) is 0 Å². The molecule has 1 saturated carbocycles. The highest BCUT2D eigenvalue weighted by Crippen LogP contribution is 2.27. The SMILES string of the molecule is Brc1cccc2c(NCCOC3CCCC3)nccc12. The number of rotatable bonds is 5. The van der Waals surface area contributed by atoms with Crippen LogP contribution in [0.4, 0.5) is 5.82 Å². The van der Waals surface area contributed by atoms with Gasteiger partial charge in [0.25, 0.3) is 0 Å². The maximum Gasteiger partial charge on any atom is 0.133 e. The van der Waals surface area contributed by atoms with Crippen LogP contribution in [0.5, 0.6) is 0 Å². The summed E-state index contributed by atoms with van der Waals surface area (Å²) in [6.07, 6.45) is 7.40. The quantitative estimate of drug-likeness (QED) is 0.824. The van der Waals surface area contributed by atoms with Gasteiger partial charge in [0.2, 0.25) is 0 Å². The first-order chi connectivity index (χ1) is 9.84. The number of pyridine rings is 1. The lowest BCUT2D eigenvalue weighted by atomic mass is 10.1. The van der Waals surface area contributed by atoms with Crippen LogP contribution >= 0.6 is 15.9 Å². The summed E-state index contributed by atoms with van der Waals surface area (Å²) in [6.45, 7) is 1.55. The van der Waals surface area contributed by atoms with E-state index in [0.29, 0.717) is 6.10 Å². The molecular formula is C16H19BrN2O. The molecule has 0 spiro atoms. The van der Waals surface area contributed by atoms with Crippen molar-refractivity contribution < 1.29 is 4.74 Å². The van der Waals surface area contributed by atoms with E-state index in [4.69, 9.17) is 4.74 Å². The van der Waals surface area contributed by atoms with Gasteiger partial charge in [0.05, 0.1) is 12.7 Å². The molecule has 1 heterocycles. The summed E-state index contributed by atoms with van der Waals surface area (Å²) in [5, 5.41) is 5.71. The summed E-state index contributed by atoms with van der Waals surface area (Å²) in [6, 6.07) is 8.20. The molecule has 1 fully saturated rings. The van der Waals surface area contributed by atoms with E-state index in [1.54, 1.807) is 0 Å². The summed E-state index contributed by atoms with van der Waals surface area (Å²) in [5.74, 6) is 0.929. The largest absolute Gasteiger partial charge is 0.376 e. The van der Waals surface area contributed by atoms with Crippen molar-refractivity contribution in [2.75, 3.05) is 18.5 Å². The van der Waals surface area contributed by atoms with Gasteiger partial charge in [-0.2, -0.15) is 0 Å². The third-order valence-corrected chi connectivity index (χ3v) is 4.49. The molecule has 106 valence electrons. The summed E-state index contributed by atoms with van der Waals surface area (Å²) in [7, 11) is 0. The van der Waals surface area contributed by atoms with Crippen LogP contribution in [0.25, 0.3) is 10.8 Å². The van der Waals surface area contributed by atoms with Gasteiger partial charge in [0, 0.05) is 28.0 Å². The zero-order valence-corrected chi connectivity index (χ0v) is 13.0. The lowest BCUT2D eigenvalue weighted by Crippen LogP contribution is -2.15. The van der Waals surface area contributed by atoms with Gasteiger partial charge in [-0.15, -0.1) is 0 Å². The summed E-state index contributed by atoms with van der Waals surface area (Å²) >= 11 is 3.58. The number of hydrogen-bond acceptors (Lipinski definition) is 3. The van der Waals surface area contributed by atoms with E-state index in [-0.39, 0.29) is 0 Å². The Morgan fingerprint density at radius 1 is 1.20 bits per heavy atom. The number of halogens is 1. The molecule has 1 N–H and O–H groups in total. The zero-order valence-electron chi connectivity index (χ0n) is 11.4. The Bertz CT molecular complexity index is 582. The molecule has 1 aliphatic carbocycles. The maximum absolute atomic E-state index is 5.86. The van der Waals surface area contributed by atoms with E-state index in [1.165, 1.54) is 31.1 Å². The van der Waals surface area contributed by atoms with E-state index < -0.39 is 0 Å². The smallest absolute Gasteiger partial charge is 0.133 e. The minimum atomic E-state index is 0.478. The fraction of sp³-hybridized carbons (Fsp3) is 0.438. The molecule has 3 rings (SSSR count). The van der Waals surface area contributed by atoms with Crippen molar-refractivity contribution in [3.05, 3.63) is 34.9 Å². The van der Waals surface area contributed by atoms with E-state index in [2.05, 4.69) is 38.4 Å². The monoisotopic (exact) mass is 334 g/mol. The van der Waals surface area contributed by atoms with E-state index in [1.807, 2.05) is 18.3 Å². The normalized spacial score (nSPS) is 15.8. The topological polar surface area (TPSA) is 34.1 Å². The first kappa shape index (κ1) is 13.8. The van der Waals surface area contributed by atoms with Gasteiger partial charge in [-0.1, -0.05) is 40.9 Å². The number of fused-ring (bicyclic) bond motifs is 1. The number of ether oxygens (including phenoxy) is 1. The van der Waals surface area contributed by atoms with Gasteiger partial charge in [0.1, 0.15) is 5.82 Å². The molecule has 2 aromatic rings. The summed E-state index contributed by atoms with van der Waals surface area (Å²) in [5.41, 5.74) is 0. The van der Waals surface area contributed by atoms with Crippen LogP contribution in [0.3, 0.4) is 0 Å². The second-order valence-corrected chi connectivity index (χ2v) is 6.05. The molecule has 20 heavy (non-hydrogen) atoms. The van der Waals surface area contributed by atoms with Crippen molar-refractivity contribution in [3.8, 4) is 0 Å². The Kier molecular flexibility index (Phi) is 4.53. The standard InChI is InChI=1S/C16H19BrN2O/c17-15-7-3-6-14-13(15)8-9-18-16(14)19-10-11-20-12-4-1-2-5-12/h3,6-9,12H,1-2,4-5,10-11H2,(H,18,19). The van der Waals surface area contributed by atoms with Gasteiger partial charge in [-0.25, -0.2) is 4.98 Å². The molecule has 0 amide bonds. The molecule has 0 unspecified atom stereocenters. The van der Waals surface area contributed by atoms with Crippen molar-refractivity contribution in [1.82, 2.24) is 4.98 Å². The molecule has 0 atom stereocenters. The average Bonchev–Trinajstić information content (AvgIpc) is 2.98. The van der Waals surface area contributed by atoms with Gasteiger partial charge in [0.15, 0.2) is 0 Å². The van der Waals surface area contributed by atoms with Crippen LogP contribution in [-0.2, 0) is 4.74 Å². The van der Waals surface area contributed by atoms with Crippen LogP contribution in [0.1, 0.15) is 25.7 Å². The lowest BCUT2D eigenvalue weighted by molar-refractivity contribution is 0.0659. The Balaban J connectivity index is 1.61. The van der Waals surface area contributed by atoms with Crippen molar-refractivity contribution >= 4 is 32.5 Å². The molecule has 0 aliphatic heterocycles. The second kappa shape index (κ2) is 6.55. The van der Waals surface area contributed by atoms with Crippen LogP contribution in [0.15, 0.2) is 34.9 Å². The highest BCUT2D eigenvalue weighted by molar-refractivity contribution is 9.10. The highest BCUT2D eigenvalue weighted by Gasteiger charge is 2.14.